The van der Waals surface area contributed by atoms with Gasteiger partial charge >= 0.3 is 0 Å². The van der Waals surface area contributed by atoms with Crippen LogP contribution in [-0.4, -0.2) is 44.6 Å². The molecule has 2 aromatic carbocycles. The van der Waals surface area contributed by atoms with E-state index >= 15 is 0 Å². The predicted molar refractivity (Wildman–Crippen MR) is 120 cm³/mol. The Kier molecular flexibility index (Phi) is 6.09. The Morgan fingerprint density at radius 2 is 2.06 bits per heavy atom. The standard InChI is InChI=1S/C23H25N5O4/c1-14-20(22(31)25-17-9-3-4-10-18(17)32-2)21(15-7-5-8-16(30)13-15)28-23(24-14)26-19(27-28)11-6-12-29/h3-5,7-10,13,21,29-30H,6,11-12H2,1-2H3,(H,25,31)(H,24,26,27)/t21-/m1/s1. The monoisotopic (exact) mass is 435 g/mol. The van der Waals surface area contributed by atoms with Crippen LogP contribution in [0.5, 0.6) is 11.5 Å². The van der Waals surface area contributed by atoms with Gasteiger partial charge in [-0.25, -0.2) is 4.68 Å². The highest BCUT2D eigenvalue weighted by Crippen LogP contribution is 2.37. The number of rotatable bonds is 7. The number of nitrogens with one attached hydrogen (secondary N) is 2. The molecule has 0 spiro atoms. The number of nitrogens with zero attached hydrogens (tertiary/aromatic N) is 3. The summed E-state index contributed by atoms with van der Waals surface area (Å²) in [5.41, 5.74) is 2.30. The molecule has 1 amide bonds. The Labute approximate surface area is 185 Å². The summed E-state index contributed by atoms with van der Waals surface area (Å²) in [5.74, 6) is 1.37. The highest BCUT2D eigenvalue weighted by Gasteiger charge is 2.34. The molecule has 0 unspecified atom stereocenters. The highest BCUT2D eigenvalue weighted by atomic mass is 16.5. The fraction of sp³-hybridized carbons (Fsp3) is 0.261. The van der Waals surface area contributed by atoms with Crippen molar-refractivity contribution in [2.24, 2.45) is 0 Å². The molecule has 1 atom stereocenters. The number of amides is 1. The van der Waals surface area contributed by atoms with Crippen molar-refractivity contribution < 1.29 is 19.7 Å². The number of carbonyl (C=O) groups excluding carboxylic acids is 1. The number of benzene rings is 2. The van der Waals surface area contributed by atoms with E-state index in [9.17, 15) is 9.90 Å². The van der Waals surface area contributed by atoms with Crippen molar-refractivity contribution in [3.63, 3.8) is 0 Å². The van der Waals surface area contributed by atoms with E-state index in [1.807, 2.05) is 18.2 Å². The van der Waals surface area contributed by atoms with Gasteiger partial charge in [-0.15, -0.1) is 0 Å². The van der Waals surface area contributed by atoms with E-state index in [1.54, 1.807) is 49.0 Å². The first-order valence-electron chi connectivity index (χ1n) is 10.3. The third kappa shape index (κ3) is 4.15. The fourth-order valence-corrected chi connectivity index (χ4v) is 3.77. The van der Waals surface area contributed by atoms with Crippen molar-refractivity contribution in [1.29, 1.82) is 0 Å². The maximum absolute atomic E-state index is 13.5. The van der Waals surface area contributed by atoms with Crippen LogP contribution in [0.15, 0.2) is 59.8 Å². The molecule has 9 nitrogen and oxygen atoms in total. The molecule has 2 heterocycles. The van der Waals surface area contributed by atoms with Crippen molar-refractivity contribution in [2.45, 2.75) is 25.8 Å². The molecular formula is C23H25N5O4. The van der Waals surface area contributed by atoms with Crippen LogP contribution in [-0.2, 0) is 11.2 Å². The molecule has 4 N–H and O–H groups in total. The second-order valence-electron chi connectivity index (χ2n) is 7.44. The molecule has 0 saturated heterocycles. The summed E-state index contributed by atoms with van der Waals surface area (Å²) in [6, 6.07) is 13.3. The zero-order valence-electron chi connectivity index (χ0n) is 17.9. The molecule has 1 aliphatic heterocycles. The van der Waals surface area contributed by atoms with Crippen molar-refractivity contribution in [1.82, 2.24) is 14.8 Å². The molecule has 0 bridgehead atoms. The van der Waals surface area contributed by atoms with Crippen LogP contribution in [0, 0.1) is 0 Å². The van der Waals surface area contributed by atoms with E-state index in [4.69, 9.17) is 9.84 Å². The third-order valence-corrected chi connectivity index (χ3v) is 5.24. The lowest BCUT2D eigenvalue weighted by Crippen LogP contribution is -2.31. The predicted octanol–water partition coefficient (Wildman–Crippen LogP) is 2.84. The van der Waals surface area contributed by atoms with E-state index in [1.165, 1.54) is 0 Å². The highest BCUT2D eigenvalue weighted by molar-refractivity contribution is 6.06. The van der Waals surface area contributed by atoms with Crippen LogP contribution in [0.1, 0.15) is 30.8 Å². The molecule has 1 aliphatic rings. The van der Waals surface area contributed by atoms with Crippen LogP contribution >= 0.6 is 0 Å². The lowest BCUT2D eigenvalue weighted by Gasteiger charge is -2.29. The molecule has 1 aromatic heterocycles. The average Bonchev–Trinajstić information content (AvgIpc) is 3.19. The molecule has 32 heavy (non-hydrogen) atoms. The lowest BCUT2D eigenvalue weighted by molar-refractivity contribution is -0.113. The zero-order chi connectivity index (χ0) is 22.7. The summed E-state index contributed by atoms with van der Waals surface area (Å²) in [7, 11) is 1.54. The van der Waals surface area contributed by atoms with E-state index < -0.39 is 6.04 Å². The number of phenols is 1. The first-order valence-corrected chi connectivity index (χ1v) is 10.3. The number of allylic oxidation sites excluding steroid dienone is 1. The van der Waals surface area contributed by atoms with Gasteiger partial charge in [0.25, 0.3) is 5.91 Å². The number of ether oxygens (including phenoxy) is 1. The van der Waals surface area contributed by atoms with E-state index in [0.717, 1.165) is 0 Å². The number of aliphatic hydroxyl groups is 1. The summed E-state index contributed by atoms with van der Waals surface area (Å²) in [5, 5.41) is 29.9. The summed E-state index contributed by atoms with van der Waals surface area (Å²) >= 11 is 0. The largest absolute Gasteiger partial charge is 0.508 e. The van der Waals surface area contributed by atoms with Gasteiger partial charge in [-0.3, -0.25) is 4.79 Å². The van der Waals surface area contributed by atoms with Gasteiger partial charge in [0, 0.05) is 18.7 Å². The van der Waals surface area contributed by atoms with Gasteiger partial charge in [0.2, 0.25) is 5.95 Å². The second kappa shape index (κ2) is 9.11. The van der Waals surface area contributed by atoms with Gasteiger partial charge < -0.3 is 25.6 Å². The smallest absolute Gasteiger partial charge is 0.255 e. The summed E-state index contributed by atoms with van der Waals surface area (Å²) in [6.07, 6.45) is 1.04. The molecule has 4 rings (SSSR count). The molecule has 166 valence electrons. The van der Waals surface area contributed by atoms with Gasteiger partial charge in [0.05, 0.1) is 18.4 Å². The minimum Gasteiger partial charge on any atom is -0.508 e. The first kappa shape index (κ1) is 21.4. The van der Waals surface area contributed by atoms with Gasteiger partial charge in [-0.05, 0) is 43.2 Å². The fourth-order valence-electron chi connectivity index (χ4n) is 3.77. The molecule has 0 radical (unpaired) electrons. The van der Waals surface area contributed by atoms with Crippen LogP contribution in [0.2, 0.25) is 0 Å². The minimum absolute atomic E-state index is 0.0388. The van der Waals surface area contributed by atoms with Crippen molar-refractivity contribution in [2.75, 3.05) is 24.4 Å². The number of hydrogen-bond acceptors (Lipinski definition) is 7. The maximum Gasteiger partial charge on any atom is 0.255 e. The van der Waals surface area contributed by atoms with Gasteiger partial charge in [-0.2, -0.15) is 10.1 Å². The number of methoxy groups -OCH3 is 1. The number of aliphatic hydroxyl groups excluding tert-OH is 1. The Hall–Kier alpha value is -3.85. The van der Waals surface area contributed by atoms with Crippen molar-refractivity contribution in [3.8, 4) is 11.5 Å². The van der Waals surface area contributed by atoms with Gasteiger partial charge in [-0.1, -0.05) is 24.3 Å². The number of aromatic nitrogens is 3. The molecule has 0 aliphatic carbocycles. The SMILES string of the molecule is COc1ccccc1NC(=O)C1=C(C)Nc2nc(CCCO)nn2[C@@H]1c1cccc(O)c1. The Balaban J connectivity index is 1.77. The Morgan fingerprint density at radius 3 is 2.81 bits per heavy atom. The van der Waals surface area contributed by atoms with E-state index in [2.05, 4.69) is 20.7 Å². The topological polar surface area (TPSA) is 122 Å². The van der Waals surface area contributed by atoms with Gasteiger partial charge in [0.15, 0.2) is 5.82 Å². The first-order chi connectivity index (χ1) is 15.5. The summed E-state index contributed by atoms with van der Waals surface area (Å²) in [4.78, 5) is 18.0. The minimum atomic E-state index is -0.608. The number of fused-ring (bicyclic) bond motifs is 1. The number of aromatic hydroxyl groups is 1. The van der Waals surface area contributed by atoms with Crippen LogP contribution in [0.4, 0.5) is 11.6 Å². The number of para-hydroxylation sites is 2. The van der Waals surface area contributed by atoms with Crippen molar-refractivity contribution >= 4 is 17.5 Å². The number of hydrogen-bond donors (Lipinski definition) is 4. The number of anilines is 2. The molecule has 3 aromatic rings. The maximum atomic E-state index is 13.5. The normalized spacial score (nSPS) is 15.2. The molecule has 9 heteroatoms. The van der Waals surface area contributed by atoms with Crippen LogP contribution in [0.3, 0.4) is 0 Å². The number of phenolic OH excluding ortho intramolecular Hbond substituents is 1. The lowest BCUT2D eigenvalue weighted by atomic mass is 9.95. The zero-order valence-corrected chi connectivity index (χ0v) is 17.9. The van der Waals surface area contributed by atoms with Crippen LogP contribution < -0.4 is 15.4 Å². The molecule has 0 fully saturated rings. The molecular weight excluding hydrogens is 410 g/mol. The average molecular weight is 435 g/mol. The summed E-state index contributed by atoms with van der Waals surface area (Å²) < 4.78 is 7.00. The van der Waals surface area contributed by atoms with E-state index in [0.29, 0.717) is 52.9 Å². The number of aryl methyl sites for hydroxylation is 1. The quantitative estimate of drug-likeness (QED) is 0.450. The van der Waals surface area contributed by atoms with Gasteiger partial charge in [0.1, 0.15) is 17.5 Å². The second-order valence-corrected chi connectivity index (χ2v) is 7.44. The van der Waals surface area contributed by atoms with Crippen LogP contribution in [0.25, 0.3) is 0 Å². The van der Waals surface area contributed by atoms with Crippen molar-refractivity contribution in [3.05, 3.63) is 71.2 Å². The Bertz CT molecular complexity index is 1170. The third-order valence-electron chi connectivity index (χ3n) is 5.24. The van der Waals surface area contributed by atoms with E-state index in [-0.39, 0.29) is 18.3 Å². The summed E-state index contributed by atoms with van der Waals surface area (Å²) in [6.45, 7) is 1.84. The number of carbonyl (C=O) groups is 1. The molecule has 0 saturated carbocycles. The Morgan fingerprint density at radius 1 is 1.25 bits per heavy atom.